The first kappa shape index (κ1) is 8.23. The third kappa shape index (κ3) is 1.22. The topological polar surface area (TPSA) is 46.5 Å². The molecule has 0 bridgehead atoms. The van der Waals surface area contributed by atoms with E-state index in [-0.39, 0.29) is 0 Å². The molecule has 1 aromatic carbocycles. The first-order chi connectivity index (χ1) is 7.34. The second-order valence-corrected chi connectivity index (χ2v) is 3.52. The Kier molecular flexibility index (Phi) is 1.62. The molecular weight excluding hydrogens is 188 g/mol. The van der Waals surface area contributed by atoms with Crippen molar-refractivity contribution >= 4 is 10.9 Å². The van der Waals surface area contributed by atoms with E-state index in [1.165, 1.54) is 10.9 Å². The highest BCUT2D eigenvalue weighted by Crippen LogP contribution is 2.21. The van der Waals surface area contributed by atoms with Crippen molar-refractivity contribution in [2.24, 2.45) is 7.05 Å². The number of fused-ring (bicyclic) bond motifs is 1. The van der Waals surface area contributed by atoms with Crippen LogP contribution in [0.5, 0.6) is 0 Å². The minimum absolute atomic E-state index is 0.737. The minimum atomic E-state index is 0.737. The van der Waals surface area contributed by atoms with Gasteiger partial charge in [-0.05, 0) is 24.3 Å². The zero-order valence-electron chi connectivity index (χ0n) is 8.31. The zero-order valence-corrected chi connectivity index (χ0v) is 8.31. The number of aryl methyl sites for hydroxylation is 1. The normalized spacial score (nSPS) is 11.0. The lowest BCUT2D eigenvalue weighted by Gasteiger charge is -1.98. The van der Waals surface area contributed by atoms with Crippen LogP contribution in [-0.2, 0) is 7.05 Å². The van der Waals surface area contributed by atoms with Gasteiger partial charge in [-0.2, -0.15) is 5.10 Å². The van der Waals surface area contributed by atoms with Crippen molar-refractivity contribution in [2.45, 2.75) is 0 Å². The largest absolute Gasteiger partial charge is 0.351 e. The third-order valence-corrected chi connectivity index (χ3v) is 2.56. The van der Waals surface area contributed by atoms with Gasteiger partial charge in [0.1, 0.15) is 6.33 Å². The maximum absolute atomic E-state index is 4.13. The highest BCUT2D eigenvalue weighted by Gasteiger charge is 2.03. The van der Waals surface area contributed by atoms with Crippen LogP contribution in [0, 0.1) is 0 Å². The summed E-state index contributed by atoms with van der Waals surface area (Å²) in [5.41, 5.74) is 2.25. The van der Waals surface area contributed by atoms with Gasteiger partial charge in [0.25, 0.3) is 0 Å². The number of aromatic nitrogens is 4. The summed E-state index contributed by atoms with van der Waals surface area (Å²) in [4.78, 5) is 4.13. The van der Waals surface area contributed by atoms with Gasteiger partial charge in [-0.25, -0.2) is 4.98 Å². The van der Waals surface area contributed by atoms with Crippen molar-refractivity contribution in [3.63, 3.8) is 0 Å². The lowest BCUT2D eigenvalue weighted by molar-refractivity contribution is 0.969. The van der Waals surface area contributed by atoms with Crippen molar-refractivity contribution in [1.82, 2.24) is 19.7 Å². The number of rotatable bonds is 1. The molecular formula is C11H10N4. The van der Waals surface area contributed by atoms with E-state index in [2.05, 4.69) is 37.9 Å². The molecule has 0 radical (unpaired) electrons. The van der Waals surface area contributed by atoms with Gasteiger partial charge in [-0.3, -0.25) is 5.10 Å². The molecule has 4 nitrogen and oxygen atoms in total. The Labute approximate surface area is 86.6 Å². The van der Waals surface area contributed by atoms with Crippen LogP contribution < -0.4 is 0 Å². The fourth-order valence-electron chi connectivity index (χ4n) is 1.77. The van der Waals surface area contributed by atoms with Gasteiger partial charge < -0.3 is 4.57 Å². The maximum Gasteiger partial charge on any atom is 0.180 e. The van der Waals surface area contributed by atoms with Crippen LogP contribution in [0.15, 0.2) is 36.8 Å². The summed E-state index contributed by atoms with van der Waals surface area (Å²) < 4.78 is 2.09. The van der Waals surface area contributed by atoms with E-state index >= 15 is 0 Å². The van der Waals surface area contributed by atoms with Crippen LogP contribution in [0.2, 0.25) is 0 Å². The summed E-state index contributed by atoms with van der Waals surface area (Å²) >= 11 is 0. The molecule has 4 heteroatoms. The minimum Gasteiger partial charge on any atom is -0.351 e. The number of hydrogen-bond donors (Lipinski definition) is 1. The Balaban J connectivity index is 2.23. The highest BCUT2D eigenvalue weighted by atomic mass is 15.2. The SMILES string of the molecule is Cn1ccc2cc(-c3nc[nH]n3)ccc21. The first-order valence-electron chi connectivity index (χ1n) is 4.76. The lowest BCUT2D eigenvalue weighted by Crippen LogP contribution is -1.84. The molecule has 3 rings (SSSR count). The van der Waals surface area contributed by atoms with E-state index in [1.807, 2.05) is 19.3 Å². The van der Waals surface area contributed by atoms with E-state index < -0.39 is 0 Å². The molecule has 0 saturated heterocycles. The molecule has 0 unspecified atom stereocenters. The fraction of sp³-hybridized carbons (Fsp3) is 0.0909. The van der Waals surface area contributed by atoms with Crippen LogP contribution in [0.3, 0.4) is 0 Å². The molecule has 0 aliphatic rings. The average molecular weight is 198 g/mol. The Morgan fingerprint density at radius 2 is 2.20 bits per heavy atom. The molecule has 74 valence electrons. The Morgan fingerprint density at radius 3 is 3.00 bits per heavy atom. The number of aromatic amines is 1. The summed E-state index contributed by atoms with van der Waals surface area (Å²) in [7, 11) is 2.04. The van der Waals surface area contributed by atoms with Gasteiger partial charge in [-0.1, -0.05) is 0 Å². The molecule has 0 atom stereocenters. The van der Waals surface area contributed by atoms with E-state index in [0.717, 1.165) is 11.4 Å². The molecule has 0 spiro atoms. The molecule has 3 aromatic rings. The first-order valence-corrected chi connectivity index (χ1v) is 4.76. The zero-order chi connectivity index (χ0) is 10.3. The van der Waals surface area contributed by atoms with Crippen molar-refractivity contribution in [3.05, 3.63) is 36.8 Å². The van der Waals surface area contributed by atoms with Crippen LogP contribution in [0.1, 0.15) is 0 Å². The predicted octanol–water partition coefficient (Wildman–Crippen LogP) is 1.96. The third-order valence-electron chi connectivity index (χ3n) is 2.56. The smallest absolute Gasteiger partial charge is 0.180 e. The van der Waals surface area contributed by atoms with Crippen molar-refractivity contribution in [1.29, 1.82) is 0 Å². The van der Waals surface area contributed by atoms with Crippen molar-refractivity contribution in [3.8, 4) is 11.4 Å². The quantitative estimate of drug-likeness (QED) is 0.649. The Hall–Kier alpha value is -2.10. The van der Waals surface area contributed by atoms with Crippen molar-refractivity contribution < 1.29 is 0 Å². The van der Waals surface area contributed by atoms with Gasteiger partial charge in [-0.15, -0.1) is 0 Å². The molecule has 0 amide bonds. The second kappa shape index (κ2) is 2.95. The van der Waals surface area contributed by atoms with Crippen LogP contribution >= 0.6 is 0 Å². The standard InChI is InChI=1S/C11H10N4/c1-15-5-4-8-6-9(2-3-10(8)15)11-12-7-13-14-11/h2-7H,1H3,(H,12,13,14). The monoisotopic (exact) mass is 198 g/mol. The second-order valence-electron chi connectivity index (χ2n) is 3.52. The molecule has 0 fully saturated rings. The molecule has 1 N–H and O–H groups in total. The van der Waals surface area contributed by atoms with Crippen molar-refractivity contribution in [2.75, 3.05) is 0 Å². The fourth-order valence-corrected chi connectivity index (χ4v) is 1.77. The van der Waals surface area contributed by atoms with Gasteiger partial charge in [0, 0.05) is 29.7 Å². The van der Waals surface area contributed by atoms with Gasteiger partial charge in [0.15, 0.2) is 5.82 Å². The number of benzene rings is 1. The summed E-state index contributed by atoms with van der Waals surface area (Å²) in [6.45, 7) is 0. The summed E-state index contributed by atoms with van der Waals surface area (Å²) in [6, 6.07) is 8.30. The van der Waals surface area contributed by atoms with E-state index in [1.54, 1.807) is 6.33 Å². The highest BCUT2D eigenvalue weighted by molar-refractivity contribution is 5.84. The summed E-state index contributed by atoms with van der Waals surface area (Å²) in [5, 5.41) is 7.98. The Bertz CT molecular complexity index is 592. The number of nitrogens with zero attached hydrogens (tertiary/aromatic N) is 3. The lowest BCUT2D eigenvalue weighted by atomic mass is 10.1. The molecule has 2 heterocycles. The van der Waals surface area contributed by atoms with Gasteiger partial charge >= 0.3 is 0 Å². The van der Waals surface area contributed by atoms with Gasteiger partial charge in [0.05, 0.1) is 0 Å². The van der Waals surface area contributed by atoms with E-state index in [9.17, 15) is 0 Å². The number of hydrogen-bond acceptors (Lipinski definition) is 2. The predicted molar refractivity (Wildman–Crippen MR) is 58.3 cm³/mol. The van der Waals surface area contributed by atoms with Gasteiger partial charge in [0.2, 0.25) is 0 Å². The van der Waals surface area contributed by atoms with E-state index in [0.29, 0.717) is 0 Å². The molecule has 0 aliphatic carbocycles. The average Bonchev–Trinajstić information content (AvgIpc) is 2.88. The number of H-pyrrole nitrogens is 1. The molecule has 2 aromatic heterocycles. The number of nitrogens with one attached hydrogen (secondary N) is 1. The molecule has 0 aliphatic heterocycles. The molecule has 0 saturated carbocycles. The maximum atomic E-state index is 4.13. The molecule has 15 heavy (non-hydrogen) atoms. The summed E-state index contributed by atoms with van der Waals surface area (Å²) in [6.07, 6.45) is 3.64. The Morgan fingerprint density at radius 1 is 1.27 bits per heavy atom. The van der Waals surface area contributed by atoms with E-state index in [4.69, 9.17) is 0 Å². The summed E-state index contributed by atoms with van der Waals surface area (Å²) in [5.74, 6) is 0.737. The van der Waals surface area contributed by atoms with Crippen LogP contribution in [0.25, 0.3) is 22.3 Å². The van der Waals surface area contributed by atoms with Crippen LogP contribution in [-0.4, -0.2) is 19.7 Å². The van der Waals surface area contributed by atoms with Crippen LogP contribution in [0.4, 0.5) is 0 Å².